The number of esters is 3. The van der Waals surface area contributed by atoms with Gasteiger partial charge in [-0.3, -0.25) is 0 Å². The van der Waals surface area contributed by atoms with Crippen LogP contribution in [0.2, 0.25) is 20.2 Å². The molecule has 0 radical (unpaired) electrons. The van der Waals surface area contributed by atoms with Gasteiger partial charge in [0.15, 0.2) is 33.9 Å². The fourth-order valence-corrected chi connectivity index (χ4v) is 11.0. The van der Waals surface area contributed by atoms with Gasteiger partial charge in [0.1, 0.15) is 32.1 Å². The Hall–Kier alpha value is -5.16. The number of carbonyl (C=O) groups is 3. The van der Waals surface area contributed by atoms with Gasteiger partial charge >= 0.3 is 47.5 Å². The Morgan fingerprint density at radius 1 is 0.651 bits per heavy atom. The third kappa shape index (κ3) is 17.7. The van der Waals surface area contributed by atoms with Crippen molar-refractivity contribution in [1.29, 1.82) is 0 Å². The number of aryl methyl sites for hydroxylation is 3. The summed E-state index contributed by atoms with van der Waals surface area (Å²) in [6.07, 6.45) is 7.46. The predicted molar refractivity (Wildman–Crippen MR) is 328 cm³/mol. The van der Waals surface area contributed by atoms with Gasteiger partial charge in [-0.05, 0) is 105 Å². The van der Waals surface area contributed by atoms with Crippen molar-refractivity contribution in [2.45, 2.75) is 99.0 Å². The molecule has 1 atom stereocenters. The number of nitrogens with two attached hydrogens (primary N) is 5. The molecule has 21 nitrogen and oxygen atoms in total. The van der Waals surface area contributed by atoms with E-state index >= 15 is 0 Å². The van der Waals surface area contributed by atoms with Crippen molar-refractivity contribution in [1.82, 2.24) is 44.9 Å². The van der Waals surface area contributed by atoms with Gasteiger partial charge < -0.3 is 60.4 Å². The maximum atomic E-state index is 13.0. The summed E-state index contributed by atoms with van der Waals surface area (Å²) in [5.74, 6) is -0.281. The number of fused-ring (bicyclic) bond motifs is 1. The number of hydrogen-bond donors (Lipinski definition) is 5. The summed E-state index contributed by atoms with van der Waals surface area (Å²) in [4.78, 5) is 77.5. The zero-order valence-electron chi connectivity index (χ0n) is 45.4. The first kappa shape index (κ1) is 70.3. The average molecular weight is 1340 g/mol. The van der Waals surface area contributed by atoms with E-state index in [1.807, 2.05) is 6.92 Å². The summed E-state index contributed by atoms with van der Waals surface area (Å²) in [5.41, 5.74) is 33.9. The molecule has 7 aromatic rings. The van der Waals surface area contributed by atoms with Gasteiger partial charge in [0.2, 0.25) is 0 Å². The molecule has 1 fully saturated rings. The van der Waals surface area contributed by atoms with Crippen molar-refractivity contribution in [2.75, 3.05) is 60.7 Å². The molecule has 436 valence electrons. The fourth-order valence-electron chi connectivity index (χ4n) is 8.07. The van der Waals surface area contributed by atoms with Gasteiger partial charge in [0, 0.05) is 47.5 Å². The maximum Gasteiger partial charge on any atom is 1.00 e. The molecule has 1 aliphatic heterocycles. The molecule has 1 spiro atoms. The maximum absolute atomic E-state index is 13.0. The second-order valence-corrected chi connectivity index (χ2v) is 22.2. The smallest absolute Gasteiger partial charge is 0.778 e. The second-order valence-electron chi connectivity index (χ2n) is 17.5. The molecular weight excluding hydrogens is 1280 g/mol. The zero-order chi connectivity index (χ0) is 59.3. The molecule has 1 aromatic carbocycles. The minimum Gasteiger partial charge on any atom is -0.778 e. The van der Waals surface area contributed by atoms with E-state index in [9.17, 15) is 14.4 Å². The number of rotatable bonds is 11. The van der Waals surface area contributed by atoms with Gasteiger partial charge in [-0.2, -0.15) is 4.90 Å². The minimum atomic E-state index is -0.623. The van der Waals surface area contributed by atoms with Gasteiger partial charge in [-0.25, -0.2) is 59.2 Å². The molecule has 0 bridgehead atoms. The SMILES string of the molecule is C.CCOC(=O)c1nc(Br)c(C)nc1N.CCOC(=O)c1nc(Sc2ccnc(N)c2Cl)c(C)nc1Cl.CCOC(=O)c1nc(Sc2ccnc(N)c2Cl)c(C)nc1N1CCC2(CC1)Cc1ccccc1[C@H]2N.Nc1nccc([S-])c1Cl.[Na+]. The minimum absolute atomic E-state index is 0. The Kier molecular flexibility index (Phi) is 27.4. The van der Waals surface area contributed by atoms with E-state index in [-0.39, 0.29) is 108 Å². The molecule has 0 amide bonds. The molecule has 83 heavy (non-hydrogen) atoms. The molecule has 1 aliphatic carbocycles. The number of anilines is 5. The fraction of sp³-hybridized carbons (Fsp3) is 0.321. The molecular formula is C53H59BrCl4N15NaO6S3. The van der Waals surface area contributed by atoms with Gasteiger partial charge in [0.05, 0.1) is 52.0 Å². The Bertz CT molecular complexity index is 3430. The van der Waals surface area contributed by atoms with E-state index in [0.717, 1.165) is 32.4 Å². The van der Waals surface area contributed by atoms with E-state index in [1.54, 1.807) is 59.0 Å². The van der Waals surface area contributed by atoms with E-state index in [0.29, 0.717) is 73.1 Å². The molecule has 10 N–H and O–H groups in total. The van der Waals surface area contributed by atoms with Crippen LogP contribution < -0.4 is 63.1 Å². The summed E-state index contributed by atoms with van der Waals surface area (Å²) < 4.78 is 15.5. The van der Waals surface area contributed by atoms with Crippen LogP contribution in [-0.2, 0) is 33.3 Å². The van der Waals surface area contributed by atoms with Gasteiger partial charge in [0.25, 0.3) is 0 Å². The Balaban J connectivity index is 0.000000267. The van der Waals surface area contributed by atoms with Crippen LogP contribution in [0.5, 0.6) is 0 Å². The Morgan fingerprint density at radius 2 is 1.12 bits per heavy atom. The van der Waals surface area contributed by atoms with Crippen molar-refractivity contribution in [2.24, 2.45) is 11.1 Å². The number of halogens is 5. The molecule has 2 aliphatic rings. The van der Waals surface area contributed by atoms with Gasteiger partial charge in [-0.1, -0.05) is 108 Å². The number of hydrogen-bond acceptors (Lipinski definition) is 24. The molecule has 6 aromatic heterocycles. The average Bonchev–Trinajstić information content (AvgIpc) is 3.98. The summed E-state index contributed by atoms with van der Waals surface area (Å²) in [6, 6.07) is 13.6. The number of nitrogens with zero attached hydrogens (tertiary/aromatic N) is 10. The first-order valence-corrected chi connectivity index (χ1v) is 28.9. The number of benzene rings is 1. The first-order valence-electron chi connectivity index (χ1n) is 24.6. The molecule has 0 saturated carbocycles. The summed E-state index contributed by atoms with van der Waals surface area (Å²) in [7, 11) is 0. The first-order chi connectivity index (χ1) is 38.5. The van der Waals surface area contributed by atoms with Crippen molar-refractivity contribution in [3.63, 3.8) is 0 Å². The van der Waals surface area contributed by atoms with Crippen LogP contribution in [0.3, 0.4) is 0 Å². The summed E-state index contributed by atoms with van der Waals surface area (Å²) in [6.45, 7) is 12.8. The molecule has 30 heteroatoms. The Morgan fingerprint density at radius 3 is 1.63 bits per heavy atom. The number of piperidine rings is 1. The third-order valence-corrected chi connectivity index (χ3v) is 17.3. The standard InChI is InChI=1S/C26H29ClN6O2S.C13H12Cl2N4O2S.C8H10BrN3O2.C5H5ClN2S.CH4.Na/c1-3-35-25(34)20-23(31-15(2)24(32-20)36-18-8-11-30-22(29)19(18)27)33-12-9-26(10-13-33)14-16-6-4-5-7-17(16)21(26)28;1-3-21-13(20)9-10(15)18-6(2)12(19-9)22-7-4-5-17-11(16)8(7)14;1-3-14-8(13)5-7(10)11-4(2)6(9)12-5;6-4-3(9)1-2-8-5(4)7;;/h4-8,11,21H,3,9-10,12-14,28H2,1-2H3,(H2,29,30);4-5H,3H2,1-2H3,(H2,16,17);3H2,1-2H3,(H2,10,11);1-2H,(H3,7,8,9);1H4;/q;;;;;+1/p-1/t21-;;;;;/m1...../s1. The summed E-state index contributed by atoms with van der Waals surface area (Å²) >= 11 is 34.5. The quantitative estimate of drug-likeness (QED) is 0.0353. The number of ether oxygens (including phenoxy) is 3. The van der Waals surface area contributed by atoms with Crippen LogP contribution in [0.1, 0.15) is 107 Å². The molecule has 7 heterocycles. The summed E-state index contributed by atoms with van der Waals surface area (Å²) in [5, 5.41) is 2.09. The van der Waals surface area contributed by atoms with Crippen molar-refractivity contribution < 1.29 is 58.2 Å². The molecule has 0 unspecified atom stereocenters. The number of pyridine rings is 3. The van der Waals surface area contributed by atoms with Crippen LogP contribution in [0.4, 0.5) is 29.1 Å². The Labute approximate surface area is 545 Å². The number of aromatic nitrogens is 9. The second kappa shape index (κ2) is 32.4. The van der Waals surface area contributed by atoms with E-state index in [1.165, 1.54) is 47.0 Å². The number of nitrogen functional groups attached to an aromatic ring is 4. The van der Waals surface area contributed by atoms with Crippen LogP contribution in [-0.4, -0.2) is 95.7 Å². The van der Waals surface area contributed by atoms with E-state index in [2.05, 4.69) is 80.0 Å². The van der Waals surface area contributed by atoms with Gasteiger partial charge in [-0.15, -0.1) is 0 Å². The van der Waals surface area contributed by atoms with Crippen LogP contribution >= 0.6 is 85.9 Å². The third-order valence-electron chi connectivity index (χ3n) is 12.1. The molecule has 1 saturated heterocycles. The van der Waals surface area contributed by atoms with E-state index < -0.39 is 17.9 Å². The monoisotopic (exact) mass is 1340 g/mol. The van der Waals surface area contributed by atoms with Crippen molar-refractivity contribution in [3.05, 3.63) is 131 Å². The number of carbonyl (C=O) groups excluding carboxylic acids is 3. The van der Waals surface area contributed by atoms with Crippen molar-refractivity contribution >= 4 is 145 Å². The van der Waals surface area contributed by atoms with Crippen LogP contribution in [0, 0.1) is 26.2 Å². The molecule has 9 rings (SSSR count). The largest absolute Gasteiger partial charge is 1.00 e. The predicted octanol–water partition coefficient (Wildman–Crippen LogP) is 8.15. The van der Waals surface area contributed by atoms with Crippen molar-refractivity contribution in [3.8, 4) is 0 Å². The van der Waals surface area contributed by atoms with Crippen LogP contribution in [0.25, 0.3) is 0 Å². The zero-order valence-corrected chi connectivity index (χ0v) is 54.5. The normalized spacial score (nSPS) is 13.4. The topological polar surface area (TPSA) is 328 Å². The van der Waals surface area contributed by atoms with Crippen LogP contribution in [0.15, 0.2) is 90.4 Å². The van der Waals surface area contributed by atoms with E-state index in [4.69, 9.17) is 112 Å².